The first-order chi connectivity index (χ1) is 7.86. The van der Waals surface area contributed by atoms with E-state index in [0.29, 0.717) is 6.07 Å². The van der Waals surface area contributed by atoms with Crippen molar-refractivity contribution >= 4 is 5.97 Å². The minimum absolute atomic E-state index is 0.101. The van der Waals surface area contributed by atoms with Crippen LogP contribution in [0.25, 0.3) is 0 Å². The Bertz CT molecular complexity index is 386. The van der Waals surface area contributed by atoms with Crippen molar-refractivity contribution in [3.8, 4) is 5.75 Å². The number of carboxylic acids is 1. The Labute approximate surface area is 96.8 Å². The predicted octanol–water partition coefficient (Wildman–Crippen LogP) is 3.44. The first-order valence-electron chi connectivity index (χ1n) is 4.85. The molecular weight excluding hydrogens is 237 g/mol. The molecule has 0 amide bonds. The molecule has 1 aromatic carbocycles. The number of benzene rings is 1. The van der Waals surface area contributed by atoms with E-state index in [2.05, 4.69) is 4.74 Å². The number of hydrogen-bond donors (Lipinski definition) is 1. The van der Waals surface area contributed by atoms with Gasteiger partial charge in [0.2, 0.25) is 0 Å². The third-order valence-electron chi connectivity index (χ3n) is 1.76. The highest BCUT2D eigenvalue weighted by molar-refractivity contribution is 5.91. The number of alkyl halides is 3. The molecule has 1 N–H and O–H groups in total. The van der Waals surface area contributed by atoms with Crippen LogP contribution in [0, 0.1) is 0 Å². The van der Waals surface area contributed by atoms with Crippen molar-refractivity contribution in [3.63, 3.8) is 0 Å². The standard InChI is InChI=1S/C9H7F3O3.C2H6/c1-15-7-3-2-5(9(10,11)12)4-6(7)8(13)14;1-2/h2-4H,1H3,(H,13,14);1-2H3. The number of rotatable bonds is 2. The SMILES string of the molecule is CC.COc1ccc(C(F)(F)F)cc1C(=O)O. The molecule has 0 saturated heterocycles. The first kappa shape index (κ1) is 15.3. The van der Waals surface area contributed by atoms with Crippen molar-refractivity contribution in [2.75, 3.05) is 7.11 Å². The number of hydrogen-bond acceptors (Lipinski definition) is 2. The van der Waals surface area contributed by atoms with Crippen LogP contribution >= 0.6 is 0 Å². The number of methoxy groups -OCH3 is 1. The van der Waals surface area contributed by atoms with Crippen molar-refractivity contribution in [2.24, 2.45) is 0 Å². The van der Waals surface area contributed by atoms with E-state index in [9.17, 15) is 18.0 Å². The van der Waals surface area contributed by atoms with Gasteiger partial charge in [-0.3, -0.25) is 0 Å². The smallest absolute Gasteiger partial charge is 0.416 e. The molecule has 3 nitrogen and oxygen atoms in total. The van der Waals surface area contributed by atoms with Crippen LogP contribution < -0.4 is 4.74 Å². The van der Waals surface area contributed by atoms with Gasteiger partial charge in [-0.1, -0.05) is 13.8 Å². The molecule has 1 aromatic rings. The highest BCUT2D eigenvalue weighted by Gasteiger charge is 2.31. The van der Waals surface area contributed by atoms with E-state index in [-0.39, 0.29) is 5.75 Å². The summed E-state index contributed by atoms with van der Waals surface area (Å²) < 4.78 is 41.3. The quantitative estimate of drug-likeness (QED) is 0.874. The number of carbonyl (C=O) groups is 1. The summed E-state index contributed by atoms with van der Waals surface area (Å²) in [5.41, 5.74) is -1.52. The normalized spacial score (nSPS) is 10.2. The summed E-state index contributed by atoms with van der Waals surface area (Å²) >= 11 is 0. The summed E-state index contributed by atoms with van der Waals surface area (Å²) in [6.07, 6.45) is -4.56. The van der Waals surface area contributed by atoms with Gasteiger partial charge in [-0.05, 0) is 18.2 Å². The van der Waals surface area contributed by atoms with E-state index < -0.39 is 23.3 Å². The van der Waals surface area contributed by atoms with E-state index >= 15 is 0 Å². The second-order valence-corrected chi connectivity index (χ2v) is 2.72. The zero-order valence-electron chi connectivity index (χ0n) is 9.63. The monoisotopic (exact) mass is 250 g/mol. The minimum Gasteiger partial charge on any atom is -0.496 e. The molecule has 96 valence electrons. The fraction of sp³-hybridized carbons (Fsp3) is 0.364. The molecule has 0 aliphatic heterocycles. The van der Waals surface area contributed by atoms with Crippen molar-refractivity contribution in [1.29, 1.82) is 0 Å². The number of ether oxygens (including phenoxy) is 1. The molecule has 1 rings (SSSR count). The van der Waals surface area contributed by atoms with Gasteiger partial charge in [0.15, 0.2) is 0 Å². The summed E-state index contributed by atoms with van der Waals surface area (Å²) in [6.45, 7) is 4.00. The highest BCUT2D eigenvalue weighted by Crippen LogP contribution is 2.32. The molecule has 0 radical (unpaired) electrons. The molecule has 0 heterocycles. The van der Waals surface area contributed by atoms with Crippen LogP contribution in [0.2, 0.25) is 0 Å². The maximum absolute atomic E-state index is 12.2. The molecule has 0 unspecified atom stereocenters. The van der Waals surface area contributed by atoms with E-state index in [4.69, 9.17) is 5.11 Å². The van der Waals surface area contributed by atoms with Gasteiger partial charge in [-0.2, -0.15) is 13.2 Å². The lowest BCUT2D eigenvalue weighted by molar-refractivity contribution is -0.137. The molecule has 0 aromatic heterocycles. The Morgan fingerprint density at radius 2 is 1.82 bits per heavy atom. The maximum atomic E-state index is 12.2. The van der Waals surface area contributed by atoms with Crippen LogP contribution in [0.15, 0.2) is 18.2 Å². The van der Waals surface area contributed by atoms with E-state index in [0.717, 1.165) is 12.1 Å². The van der Waals surface area contributed by atoms with Gasteiger partial charge in [0.05, 0.1) is 12.7 Å². The Hall–Kier alpha value is -1.72. The molecule has 6 heteroatoms. The molecule has 0 fully saturated rings. The fourth-order valence-corrected chi connectivity index (χ4v) is 1.05. The molecule has 17 heavy (non-hydrogen) atoms. The van der Waals surface area contributed by atoms with Crippen LogP contribution in [-0.2, 0) is 6.18 Å². The molecule has 0 bridgehead atoms. The van der Waals surface area contributed by atoms with Crippen LogP contribution in [-0.4, -0.2) is 18.2 Å². The summed E-state index contributed by atoms with van der Waals surface area (Å²) in [7, 11) is 1.19. The molecule has 0 aliphatic carbocycles. The Balaban J connectivity index is 0.00000121. The molecule has 0 aliphatic rings. The Kier molecular flexibility index (Phi) is 5.50. The van der Waals surface area contributed by atoms with Gasteiger partial charge in [0.25, 0.3) is 0 Å². The summed E-state index contributed by atoms with van der Waals surface area (Å²) in [4.78, 5) is 10.6. The topological polar surface area (TPSA) is 46.5 Å². The lowest BCUT2D eigenvalue weighted by Gasteiger charge is -2.09. The molecule has 0 atom stereocenters. The van der Waals surface area contributed by atoms with Gasteiger partial charge >= 0.3 is 12.1 Å². The predicted molar refractivity (Wildman–Crippen MR) is 56.3 cm³/mol. The van der Waals surface area contributed by atoms with Crippen LogP contribution in [0.1, 0.15) is 29.8 Å². The Morgan fingerprint density at radius 1 is 1.29 bits per heavy atom. The summed E-state index contributed by atoms with van der Waals surface area (Å²) in [6, 6.07) is 2.29. The third kappa shape index (κ3) is 3.97. The largest absolute Gasteiger partial charge is 0.496 e. The van der Waals surface area contributed by atoms with Gasteiger partial charge < -0.3 is 9.84 Å². The summed E-state index contributed by atoms with van der Waals surface area (Å²) in [5.74, 6) is -1.56. The first-order valence-corrected chi connectivity index (χ1v) is 4.85. The van der Waals surface area contributed by atoms with Gasteiger partial charge in [0.1, 0.15) is 11.3 Å². The zero-order chi connectivity index (χ0) is 13.6. The fourth-order valence-electron chi connectivity index (χ4n) is 1.05. The molecule has 0 saturated carbocycles. The van der Waals surface area contributed by atoms with Crippen LogP contribution in [0.4, 0.5) is 13.2 Å². The number of aromatic carboxylic acids is 1. The lowest BCUT2D eigenvalue weighted by atomic mass is 10.1. The van der Waals surface area contributed by atoms with Gasteiger partial charge in [-0.15, -0.1) is 0 Å². The Morgan fingerprint density at radius 3 is 2.18 bits per heavy atom. The van der Waals surface area contributed by atoms with Gasteiger partial charge in [0, 0.05) is 0 Å². The van der Waals surface area contributed by atoms with Crippen LogP contribution in [0.5, 0.6) is 5.75 Å². The van der Waals surface area contributed by atoms with E-state index in [1.807, 2.05) is 13.8 Å². The van der Waals surface area contributed by atoms with Crippen molar-refractivity contribution < 1.29 is 27.8 Å². The van der Waals surface area contributed by atoms with Crippen molar-refractivity contribution in [3.05, 3.63) is 29.3 Å². The van der Waals surface area contributed by atoms with E-state index in [1.165, 1.54) is 7.11 Å². The van der Waals surface area contributed by atoms with Crippen LogP contribution in [0.3, 0.4) is 0 Å². The highest BCUT2D eigenvalue weighted by atomic mass is 19.4. The minimum atomic E-state index is -4.56. The lowest BCUT2D eigenvalue weighted by Crippen LogP contribution is -2.08. The van der Waals surface area contributed by atoms with Crippen molar-refractivity contribution in [1.82, 2.24) is 0 Å². The summed E-state index contributed by atoms with van der Waals surface area (Å²) in [5, 5.41) is 8.64. The average molecular weight is 250 g/mol. The number of halogens is 3. The maximum Gasteiger partial charge on any atom is 0.416 e. The molecular formula is C11H13F3O3. The molecule has 0 spiro atoms. The second-order valence-electron chi connectivity index (χ2n) is 2.72. The number of carboxylic acid groups (broad SMARTS) is 1. The van der Waals surface area contributed by atoms with Crippen molar-refractivity contribution in [2.45, 2.75) is 20.0 Å². The second kappa shape index (κ2) is 6.12. The zero-order valence-corrected chi connectivity index (χ0v) is 9.63. The average Bonchev–Trinajstić information content (AvgIpc) is 2.29. The third-order valence-corrected chi connectivity index (χ3v) is 1.76. The van der Waals surface area contributed by atoms with E-state index in [1.54, 1.807) is 0 Å². The van der Waals surface area contributed by atoms with Gasteiger partial charge in [-0.25, -0.2) is 4.79 Å².